The molecule has 3 aliphatic carbocycles. The topological polar surface area (TPSA) is 54.4 Å². The SMILES string of the molecule is C[C@@H]1CCC(=O)C=C1CCC1CC(O)C[C@](C)(C=O)C1C1CC1. The second kappa shape index (κ2) is 6.51. The van der Waals surface area contributed by atoms with Crippen molar-refractivity contribution in [1.29, 1.82) is 0 Å². The lowest BCUT2D eigenvalue weighted by atomic mass is 9.59. The predicted molar refractivity (Wildman–Crippen MR) is 89.8 cm³/mol. The van der Waals surface area contributed by atoms with Crippen molar-refractivity contribution in [2.75, 3.05) is 0 Å². The Hall–Kier alpha value is -0.960. The van der Waals surface area contributed by atoms with Gasteiger partial charge < -0.3 is 9.90 Å². The predicted octanol–water partition coefficient (Wildman–Crippen LogP) is 3.69. The molecule has 0 aromatic heterocycles. The van der Waals surface area contributed by atoms with Gasteiger partial charge in [-0.1, -0.05) is 19.4 Å². The monoisotopic (exact) mass is 318 g/mol. The second-order valence-corrected chi connectivity index (χ2v) is 8.50. The summed E-state index contributed by atoms with van der Waals surface area (Å²) < 4.78 is 0. The fraction of sp³-hybridized carbons (Fsp3) is 0.800. The first-order chi connectivity index (χ1) is 10.9. The minimum atomic E-state index is -0.369. The molecule has 2 fully saturated rings. The van der Waals surface area contributed by atoms with E-state index in [2.05, 4.69) is 6.92 Å². The van der Waals surface area contributed by atoms with Gasteiger partial charge in [0.1, 0.15) is 6.29 Å². The number of hydrogen-bond acceptors (Lipinski definition) is 3. The van der Waals surface area contributed by atoms with Crippen LogP contribution in [0.1, 0.15) is 65.2 Å². The van der Waals surface area contributed by atoms with Crippen LogP contribution in [0.25, 0.3) is 0 Å². The average Bonchev–Trinajstić information content (AvgIpc) is 3.32. The molecule has 3 rings (SSSR count). The van der Waals surface area contributed by atoms with E-state index in [4.69, 9.17) is 0 Å². The normalized spacial score (nSPS) is 41.5. The van der Waals surface area contributed by atoms with Gasteiger partial charge in [0.05, 0.1) is 6.10 Å². The minimum absolute atomic E-state index is 0.262. The van der Waals surface area contributed by atoms with Crippen molar-refractivity contribution in [3.8, 4) is 0 Å². The molecule has 5 atom stereocenters. The van der Waals surface area contributed by atoms with Gasteiger partial charge in [0.15, 0.2) is 5.78 Å². The first kappa shape index (κ1) is 16.9. The summed E-state index contributed by atoms with van der Waals surface area (Å²) >= 11 is 0. The summed E-state index contributed by atoms with van der Waals surface area (Å²) in [6.07, 6.45) is 10.1. The highest BCUT2D eigenvalue weighted by molar-refractivity contribution is 5.91. The van der Waals surface area contributed by atoms with Crippen LogP contribution in [-0.4, -0.2) is 23.3 Å². The van der Waals surface area contributed by atoms with Crippen molar-refractivity contribution in [2.24, 2.45) is 29.1 Å². The van der Waals surface area contributed by atoms with Crippen molar-refractivity contribution in [1.82, 2.24) is 0 Å². The highest BCUT2D eigenvalue weighted by Crippen LogP contribution is 2.55. The van der Waals surface area contributed by atoms with Gasteiger partial charge in [-0.25, -0.2) is 0 Å². The third kappa shape index (κ3) is 3.60. The Bertz CT molecular complexity index is 505. The fourth-order valence-corrected chi connectivity index (χ4v) is 5.20. The summed E-state index contributed by atoms with van der Waals surface area (Å²) in [5.74, 6) is 2.25. The Morgan fingerprint density at radius 3 is 2.74 bits per heavy atom. The molecule has 0 heterocycles. The van der Waals surface area contributed by atoms with E-state index in [-0.39, 0.29) is 17.3 Å². The van der Waals surface area contributed by atoms with Crippen LogP contribution in [0.5, 0.6) is 0 Å². The molecular weight excluding hydrogens is 288 g/mol. The molecule has 23 heavy (non-hydrogen) atoms. The largest absolute Gasteiger partial charge is 0.393 e. The summed E-state index contributed by atoms with van der Waals surface area (Å²) in [4.78, 5) is 23.4. The molecule has 0 aromatic carbocycles. The zero-order chi connectivity index (χ0) is 16.6. The molecule has 3 unspecified atom stereocenters. The molecule has 0 bridgehead atoms. The van der Waals surface area contributed by atoms with Gasteiger partial charge >= 0.3 is 0 Å². The lowest BCUT2D eigenvalue weighted by molar-refractivity contribution is -0.127. The number of rotatable bonds is 5. The molecule has 0 spiro atoms. The molecule has 0 radical (unpaired) electrons. The van der Waals surface area contributed by atoms with Crippen LogP contribution in [-0.2, 0) is 9.59 Å². The molecule has 3 nitrogen and oxygen atoms in total. The Morgan fingerprint density at radius 1 is 1.35 bits per heavy atom. The van der Waals surface area contributed by atoms with E-state index in [1.807, 2.05) is 13.0 Å². The maximum Gasteiger partial charge on any atom is 0.155 e. The lowest BCUT2D eigenvalue weighted by Crippen LogP contribution is -2.44. The number of carbonyl (C=O) groups excluding carboxylic acids is 2. The lowest BCUT2D eigenvalue weighted by Gasteiger charge is -2.45. The van der Waals surface area contributed by atoms with Crippen molar-refractivity contribution in [3.63, 3.8) is 0 Å². The molecule has 0 aromatic rings. The van der Waals surface area contributed by atoms with Crippen molar-refractivity contribution < 1.29 is 14.7 Å². The molecule has 0 aliphatic heterocycles. The Kier molecular flexibility index (Phi) is 4.78. The maximum atomic E-state index is 11.7. The zero-order valence-electron chi connectivity index (χ0n) is 14.5. The van der Waals surface area contributed by atoms with Gasteiger partial charge in [0, 0.05) is 11.8 Å². The molecule has 128 valence electrons. The van der Waals surface area contributed by atoms with Gasteiger partial charge in [0.2, 0.25) is 0 Å². The highest BCUT2D eigenvalue weighted by Gasteiger charge is 2.51. The molecule has 2 saturated carbocycles. The zero-order valence-corrected chi connectivity index (χ0v) is 14.5. The number of carbonyl (C=O) groups is 2. The summed E-state index contributed by atoms with van der Waals surface area (Å²) in [5.41, 5.74) is 0.912. The number of aliphatic hydroxyl groups is 1. The van der Waals surface area contributed by atoms with E-state index in [0.29, 0.717) is 36.5 Å². The van der Waals surface area contributed by atoms with Gasteiger partial charge in [-0.15, -0.1) is 0 Å². The van der Waals surface area contributed by atoms with Crippen LogP contribution in [0.15, 0.2) is 11.6 Å². The van der Waals surface area contributed by atoms with Crippen LogP contribution in [0, 0.1) is 29.1 Å². The molecule has 0 saturated heterocycles. The smallest absolute Gasteiger partial charge is 0.155 e. The number of aliphatic hydroxyl groups excluding tert-OH is 1. The Balaban J connectivity index is 1.72. The fourth-order valence-electron chi connectivity index (χ4n) is 5.20. The van der Waals surface area contributed by atoms with Gasteiger partial charge in [-0.05, 0) is 74.7 Å². The van der Waals surface area contributed by atoms with E-state index < -0.39 is 0 Å². The number of allylic oxidation sites excluding steroid dienone is 2. The summed E-state index contributed by atoms with van der Waals surface area (Å²) in [5, 5.41) is 10.3. The molecule has 3 heteroatoms. The van der Waals surface area contributed by atoms with Gasteiger partial charge in [-0.3, -0.25) is 4.79 Å². The summed E-state index contributed by atoms with van der Waals surface area (Å²) in [6, 6.07) is 0. The average molecular weight is 318 g/mol. The van der Waals surface area contributed by atoms with Gasteiger partial charge in [0.25, 0.3) is 0 Å². The first-order valence-corrected chi connectivity index (χ1v) is 9.30. The van der Waals surface area contributed by atoms with Crippen molar-refractivity contribution in [2.45, 2.75) is 71.3 Å². The Labute approximate surface area is 139 Å². The van der Waals surface area contributed by atoms with E-state index in [1.165, 1.54) is 18.4 Å². The van der Waals surface area contributed by atoms with Crippen LogP contribution in [0.2, 0.25) is 0 Å². The summed E-state index contributed by atoms with van der Waals surface area (Å²) in [7, 11) is 0. The summed E-state index contributed by atoms with van der Waals surface area (Å²) in [6.45, 7) is 4.26. The minimum Gasteiger partial charge on any atom is -0.393 e. The highest BCUT2D eigenvalue weighted by atomic mass is 16.3. The number of hydrogen-bond donors (Lipinski definition) is 1. The Morgan fingerprint density at radius 2 is 2.09 bits per heavy atom. The molecule has 1 N–H and O–H groups in total. The third-order valence-corrected chi connectivity index (χ3v) is 6.53. The third-order valence-electron chi connectivity index (χ3n) is 6.53. The van der Waals surface area contributed by atoms with E-state index in [0.717, 1.165) is 32.0 Å². The van der Waals surface area contributed by atoms with Crippen LogP contribution in [0.3, 0.4) is 0 Å². The maximum absolute atomic E-state index is 11.7. The standard InChI is InChI=1S/C20H30O3/c1-13-3-8-17(22)9-15(13)6-7-16-10-18(23)11-20(2,12-21)19(16)14-4-5-14/h9,12-14,16,18-19,23H,3-8,10-11H2,1-2H3/t13-,16?,18?,19?,20-/m1/s1. The number of aldehydes is 1. The van der Waals surface area contributed by atoms with Gasteiger partial charge in [-0.2, -0.15) is 0 Å². The van der Waals surface area contributed by atoms with E-state index in [9.17, 15) is 14.7 Å². The van der Waals surface area contributed by atoms with Crippen molar-refractivity contribution in [3.05, 3.63) is 11.6 Å². The molecule has 0 amide bonds. The number of ketones is 1. The molecule has 3 aliphatic rings. The van der Waals surface area contributed by atoms with Crippen LogP contribution < -0.4 is 0 Å². The van der Waals surface area contributed by atoms with Crippen LogP contribution in [0.4, 0.5) is 0 Å². The van der Waals surface area contributed by atoms with E-state index in [1.54, 1.807) is 0 Å². The van der Waals surface area contributed by atoms with Crippen LogP contribution >= 0.6 is 0 Å². The molecular formula is C20H30O3. The first-order valence-electron chi connectivity index (χ1n) is 9.30. The quantitative estimate of drug-likeness (QED) is 0.787. The van der Waals surface area contributed by atoms with Crippen molar-refractivity contribution >= 4 is 12.1 Å². The second-order valence-electron chi connectivity index (χ2n) is 8.50. The van der Waals surface area contributed by atoms with E-state index >= 15 is 0 Å².